The van der Waals surface area contributed by atoms with Crippen LogP contribution in [0.2, 0.25) is 0 Å². The number of hydrogen-bond donors (Lipinski definition) is 3. The monoisotopic (exact) mass is 630 g/mol. The first-order valence-corrected chi connectivity index (χ1v) is 20.0. The van der Waals surface area contributed by atoms with Crippen molar-refractivity contribution in [1.82, 2.24) is 5.32 Å². The Morgan fingerprint density at radius 1 is 0.605 bits per heavy atom. The van der Waals surface area contributed by atoms with E-state index < -0.39 is 28.0 Å². The molecule has 0 saturated carbocycles. The van der Waals surface area contributed by atoms with Crippen LogP contribution in [0, 0.1) is 0 Å². The number of unbranched alkanes of at least 4 members (excludes halogenated alkanes) is 25. The summed E-state index contributed by atoms with van der Waals surface area (Å²) >= 11 is 0. The summed E-state index contributed by atoms with van der Waals surface area (Å²) in [4.78, 5) is 12.4. The van der Waals surface area contributed by atoms with E-state index in [1.54, 1.807) is 6.08 Å². The van der Waals surface area contributed by atoms with Crippen LogP contribution in [0.1, 0.15) is 194 Å². The van der Waals surface area contributed by atoms with Crippen molar-refractivity contribution >= 4 is 16.0 Å². The summed E-state index contributed by atoms with van der Waals surface area (Å²) in [6.07, 6.45) is 36.2. The van der Waals surface area contributed by atoms with E-state index in [0.717, 1.165) is 38.5 Å². The third-order valence-electron chi connectivity index (χ3n) is 8.46. The predicted molar refractivity (Wildman–Crippen MR) is 184 cm³/mol. The van der Waals surface area contributed by atoms with Crippen LogP contribution in [0.25, 0.3) is 0 Å². The predicted octanol–water partition coefficient (Wildman–Crippen LogP) is 10.2. The molecule has 0 aromatic rings. The molecule has 2 atom stereocenters. The number of allylic oxidation sites excluding steroid dienone is 1. The molecule has 0 saturated heterocycles. The standard InChI is InChI=1S/C36H71NO5S/c1-3-5-7-9-11-13-15-17-18-19-20-22-24-26-28-30-32-36(39)37-34(33-43(40,41)42)35(38)31-29-27-25-23-21-16-14-12-10-8-6-4-2/h29,31,34-35,38H,3-28,30,32-33H2,1-2H3,(H,37,39)(H,40,41,42)/b31-29+. The molecule has 0 heterocycles. The molecule has 0 fully saturated rings. The van der Waals surface area contributed by atoms with Gasteiger partial charge in [-0.25, -0.2) is 0 Å². The molecule has 0 aliphatic heterocycles. The lowest BCUT2D eigenvalue weighted by molar-refractivity contribution is -0.122. The maximum Gasteiger partial charge on any atom is 0.267 e. The highest BCUT2D eigenvalue weighted by atomic mass is 32.2. The van der Waals surface area contributed by atoms with Crippen molar-refractivity contribution in [2.45, 2.75) is 206 Å². The molecule has 7 heteroatoms. The second-order valence-electron chi connectivity index (χ2n) is 12.9. The summed E-state index contributed by atoms with van der Waals surface area (Å²) in [5, 5.41) is 13.2. The van der Waals surface area contributed by atoms with Crippen LogP contribution in [0.3, 0.4) is 0 Å². The fourth-order valence-electron chi connectivity index (χ4n) is 5.68. The zero-order valence-electron chi connectivity index (χ0n) is 28.3. The van der Waals surface area contributed by atoms with Crippen molar-refractivity contribution in [1.29, 1.82) is 0 Å². The van der Waals surface area contributed by atoms with Gasteiger partial charge in [-0.3, -0.25) is 9.35 Å². The van der Waals surface area contributed by atoms with Crippen LogP contribution < -0.4 is 5.32 Å². The van der Waals surface area contributed by atoms with E-state index >= 15 is 0 Å². The van der Waals surface area contributed by atoms with E-state index in [1.165, 1.54) is 135 Å². The average Bonchev–Trinajstić information content (AvgIpc) is 2.96. The summed E-state index contributed by atoms with van der Waals surface area (Å²) in [7, 11) is -4.33. The minimum absolute atomic E-state index is 0.277. The highest BCUT2D eigenvalue weighted by Gasteiger charge is 2.24. The molecule has 2 unspecified atom stereocenters. The summed E-state index contributed by atoms with van der Waals surface area (Å²) in [5.41, 5.74) is 0. The topological polar surface area (TPSA) is 104 Å². The number of carbonyl (C=O) groups is 1. The third kappa shape index (κ3) is 32.3. The van der Waals surface area contributed by atoms with Gasteiger partial charge in [0, 0.05) is 6.42 Å². The van der Waals surface area contributed by atoms with Crippen molar-refractivity contribution in [2.24, 2.45) is 0 Å². The summed E-state index contributed by atoms with van der Waals surface area (Å²) in [5.74, 6) is -0.970. The molecule has 0 aromatic heterocycles. The maximum absolute atomic E-state index is 12.4. The van der Waals surface area contributed by atoms with Gasteiger partial charge < -0.3 is 10.4 Å². The minimum Gasteiger partial charge on any atom is -0.387 e. The smallest absolute Gasteiger partial charge is 0.267 e. The van der Waals surface area contributed by atoms with Crippen molar-refractivity contribution in [3.05, 3.63) is 12.2 Å². The van der Waals surface area contributed by atoms with Crippen LogP contribution in [-0.4, -0.2) is 41.9 Å². The molecule has 256 valence electrons. The zero-order valence-corrected chi connectivity index (χ0v) is 29.2. The van der Waals surface area contributed by atoms with Gasteiger partial charge in [0.25, 0.3) is 10.1 Å². The fraction of sp³-hybridized carbons (Fsp3) is 0.917. The van der Waals surface area contributed by atoms with E-state index in [-0.39, 0.29) is 5.91 Å². The summed E-state index contributed by atoms with van der Waals surface area (Å²) in [6.45, 7) is 4.50. The van der Waals surface area contributed by atoms with E-state index in [9.17, 15) is 22.9 Å². The molecule has 0 rings (SSSR count). The minimum atomic E-state index is -4.33. The second-order valence-corrected chi connectivity index (χ2v) is 14.4. The van der Waals surface area contributed by atoms with Crippen molar-refractivity contribution in [3.8, 4) is 0 Å². The Hall–Kier alpha value is -0.920. The lowest BCUT2D eigenvalue weighted by Crippen LogP contribution is -2.46. The molecule has 3 N–H and O–H groups in total. The van der Waals surface area contributed by atoms with Crippen LogP contribution in [0.5, 0.6) is 0 Å². The molecule has 0 spiro atoms. The van der Waals surface area contributed by atoms with E-state index in [2.05, 4.69) is 19.2 Å². The molecular formula is C36H71NO5S. The van der Waals surface area contributed by atoms with Crippen molar-refractivity contribution in [2.75, 3.05) is 5.75 Å². The number of hydrogen-bond acceptors (Lipinski definition) is 4. The van der Waals surface area contributed by atoms with Crippen LogP contribution in [0.4, 0.5) is 0 Å². The Bertz CT molecular complexity index is 740. The van der Waals surface area contributed by atoms with Gasteiger partial charge in [-0.2, -0.15) is 8.42 Å². The molecule has 0 aliphatic carbocycles. The van der Waals surface area contributed by atoms with Crippen LogP contribution in [0.15, 0.2) is 12.2 Å². The van der Waals surface area contributed by atoms with E-state index in [0.29, 0.717) is 6.42 Å². The quantitative estimate of drug-likeness (QED) is 0.0381. The molecule has 1 amide bonds. The number of nitrogens with one attached hydrogen (secondary N) is 1. The molecule has 0 aliphatic rings. The summed E-state index contributed by atoms with van der Waals surface area (Å²) < 4.78 is 32.3. The Labute approximate surface area is 267 Å². The number of aliphatic hydroxyl groups is 1. The van der Waals surface area contributed by atoms with Gasteiger partial charge in [0.1, 0.15) is 0 Å². The second kappa shape index (κ2) is 31.1. The number of amides is 1. The van der Waals surface area contributed by atoms with Gasteiger partial charge in [-0.05, 0) is 19.3 Å². The summed E-state index contributed by atoms with van der Waals surface area (Å²) in [6, 6.07) is -1.05. The first kappa shape index (κ1) is 42.1. The lowest BCUT2D eigenvalue weighted by atomic mass is 10.0. The Kier molecular flexibility index (Phi) is 30.4. The molecule has 6 nitrogen and oxygen atoms in total. The average molecular weight is 630 g/mol. The SMILES string of the molecule is CCCCCCCCCCCC/C=C/C(O)C(CS(=O)(=O)O)NC(=O)CCCCCCCCCCCCCCCCCC. The molecule has 0 aromatic carbocycles. The largest absolute Gasteiger partial charge is 0.387 e. The van der Waals surface area contributed by atoms with E-state index in [1.807, 2.05) is 6.08 Å². The Morgan fingerprint density at radius 3 is 1.33 bits per heavy atom. The number of aliphatic hydroxyl groups excluding tert-OH is 1. The van der Waals surface area contributed by atoms with Crippen LogP contribution in [-0.2, 0) is 14.9 Å². The van der Waals surface area contributed by atoms with E-state index in [4.69, 9.17) is 0 Å². The fourth-order valence-corrected chi connectivity index (χ4v) is 6.42. The highest BCUT2D eigenvalue weighted by molar-refractivity contribution is 7.85. The number of carbonyl (C=O) groups excluding carboxylic acids is 1. The van der Waals surface area contributed by atoms with Gasteiger partial charge in [0.2, 0.25) is 5.91 Å². The maximum atomic E-state index is 12.4. The zero-order chi connectivity index (χ0) is 31.9. The molecular weight excluding hydrogens is 558 g/mol. The Morgan fingerprint density at radius 2 is 0.953 bits per heavy atom. The third-order valence-corrected chi connectivity index (χ3v) is 9.24. The van der Waals surface area contributed by atoms with Gasteiger partial charge in [-0.1, -0.05) is 180 Å². The Balaban J connectivity index is 3.94. The van der Waals surface area contributed by atoms with Crippen LogP contribution >= 0.6 is 0 Å². The van der Waals surface area contributed by atoms with Gasteiger partial charge in [-0.15, -0.1) is 0 Å². The molecule has 0 radical (unpaired) electrons. The van der Waals surface area contributed by atoms with Gasteiger partial charge >= 0.3 is 0 Å². The van der Waals surface area contributed by atoms with Crippen molar-refractivity contribution in [3.63, 3.8) is 0 Å². The normalized spacial score (nSPS) is 13.5. The first-order chi connectivity index (χ1) is 20.8. The first-order valence-electron chi connectivity index (χ1n) is 18.4. The highest BCUT2D eigenvalue weighted by Crippen LogP contribution is 2.15. The molecule has 0 bridgehead atoms. The van der Waals surface area contributed by atoms with Crippen molar-refractivity contribution < 1.29 is 22.9 Å². The lowest BCUT2D eigenvalue weighted by Gasteiger charge is -2.21. The van der Waals surface area contributed by atoms with Gasteiger partial charge in [0.05, 0.1) is 17.9 Å². The van der Waals surface area contributed by atoms with Gasteiger partial charge in [0.15, 0.2) is 0 Å². The number of rotatable bonds is 33. The molecule has 43 heavy (non-hydrogen) atoms.